The minimum absolute atomic E-state index is 0.0847. The summed E-state index contributed by atoms with van der Waals surface area (Å²) in [5, 5.41) is 23.2. The van der Waals surface area contributed by atoms with Crippen LogP contribution in [0.15, 0.2) is 42.5 Å². The zero-order valence-corrected chi connectivity index (χ0v) is 13.2. The first-order valence-electron chi connectivity index (χ1n) is 7.00. The largest absolute Gasteiger partial charge is 0.387 e. The molecule has 0 radical (unpaired) electrons. The van der Waals surface area contributed by atoms with Gasteiger partial charge in [-0.1, -0.05) is 17.7 Å². The van der Waals surface area contributed by atoms with Crippen molar-refractivity contribution in [2.75, 3.05) is 6.54 Å². The first kappa shape index (κ1) is 17.8. The highest BCUT2D eigenvalue weighted by Crippen LogP contribution is 2.20. The predicted octanol–water partition coefficient (Wildman–Crippen LogP) is 2.78. The molecule has 0 saturated carbocycles. The molecule has 2 aromatic rings. The fraction of sp³-hybridized carbons (Fsp3) is 0.188. The van der Waals surface area contributed by atoms with Crippen molar-refractivity contribution < 1.29 is 19.2 Å². The SMILES string of the molecule is O=C(Cc1c(F)cccc1Cl)NCC(O)c1ccc([N+](=O)[O-])cc1. The number of hydrogen-bond donors (Lipinski definition) is 2. The molecule has 0 saturated heterocycles. The molecule has 0 aromatic heterocycles. The topological polar surface area (TPSA) is 92.5 Å². The number of amides is 1. The lowest BCUT2D eigenvalue weighted by atomic mass is 10.1. The van der Waals surface area contributed by atoms with Gasteiger partial charge in [-0.05, 0) is 29.8 Å². The number of aliphatic hydroxyl groups excluding tert-OH is 1. The van der Waals surface area contributed by atoms with Crippen LogP contribution in [-0.4, -0.2) is 22.5 Å². The lowest BCUT2D eigenvalue weighted by molar-refractivity contribution is -0.384. The minimum Gasteiger partial charge on any atom is -0.387 e. The van der Waals surface area contributed by atoms with Crippen molar-refractivity contribution in [3.05, 3.63) is 74.5 Å². The van der Waals surface area contributed by atoms with Crippen LogP contribution in [0.1, 0.15) is 17.2 Å². The number of nitrogens with one attached hydrogen (secondary N) is 1. The first-order valence-corrected chi connectivity index (χ1v) is 7.38. The fourth-order valence-electron chi connectivity index (χ4n) is 2.07. The molecule has 126 valence electrons. The van der Waals surface area contributed by atoms with E-state index in [0.717, 1.165) is 0 Å². The monoisotopic (exact) mass is 352 g/mol. The van der Waals surface area contributed by atoms with Crippen LogP contribution in [0.3, 0.4) is 0 Å². The van der Waals surface area contributed by atoms with E-state index in [1.165, 1.54) is 42.5 Å². The van der Waals surface area contributed by atoms with Crippen LogP contribution >= 0.6 is 11.6 Å². The van der Waals surface area contributed by atoms with Crippen molar-refractivity contribution in [1.82, 2.24) is 5.32 Å². The second-order valence-electron chi connectivity index (χ2n) is 5.05. The van der Waals surface area contributed by atoms with Crippen molar-refractivity contribution in [1.29, 1.82) is 0 Å². The van der Waals surface area contributed by atoms with Gasteiger partial charge in [0.2, 0.25) is 5.91 Å². The Kier molecular flexibility index (Phi) is 5.83. The van der Waals surface area contributed by atoms with Gasteiger partial charge in [-0.25, -0.2) is 4.39 Å². The molecule has 2 aromatic carbocycles. The highest BCUT2D eigenvalue weighted by atomic mass is 35.5. The van der Waals surface area contributed by atoms with Gasteiger partial charge in [-0.3, -0.25) is 14.9 Å². The number of carbonyl (C=O) groups is 1. The van der Waals surface area contributed by atoms with Gasteiger partial charge < -0.3 is 10.4 Å². The van der Waals surface area contributed by atoms with E-state index < -0.39 is 22.8 Å². The second kappa shape index (κ2) is 7.85. The van der Waals surface area contributed by atoms with Crippen molar-refractivity contribution >= 4 is 23.2 Å². The van der Waals surface area contributed by atoms with Crippen LogP contribution in [0.5, 0.6) is 0 Å². The van der Waals surface area contributed by atoms with Gasteiger partial charge in [0.05, 0.1) is 17.4 Å². The maximum atomic E-state index is 13.6. The molecule has 0 bridgehead atoms. The maximum absolute atomic E-state index is 13.6. The van der Waals surface area contributed by atoms with Gasteiger partial charge in [0.1, 0.15) is 5.82 Å². The number of hydrogen-bond acceptors (Lipinski definition) is 4. The number of rotatable bonds is 6. The highest BCUT2D eigenvalue weighted by molar-refractivity contribution is 6.31. The van der Waals surface area contributed by atoms with Crippen molar-refractivity contribution in [3.8, 4) is 0 Å². The molecule has 0 aliphatic rings. The van der Waals surface area contributed by atoms with Crippen molar-refractivity contribution in [2.24, 2.45) is 0 Å². The molecule has 6 nitrogen and oxygen atoms in total. The van der Waals surface area contributed by atoms with Crippen molar-refractivity contribution in [3.63, 3.8) is 0 Å². The van der Waals surface area contributed by atoms with Crippen molar-refractivity contribution in [2.45, 2.75) is 12.5 Å². The van der Waals surface area contributed by atoms with Gasteiger partial charge in [0.25, 0.3) is 5.69 Å². The molecule has 2 rings (SSSR count). The Morgan fingerprint density at radius 3 is 2.54 bits per heavy atom. The highest BCUT2D eigenvalue weighted by Gasteiger charge is 2.14. The zero-order valence-electron chi connectivity index (χ0n) is 12.4. The average Bonchev–Trinajstić information content (AvgIpc) is 2.56. The van der Waals surface area contributed by atoms with Gasteiger partial charge >= 0.3 is 0 Å². The minimum atomic E-state index is -1.04. The zero-order chi connectivity index (χ0) is 17.7. The molecule has 24 heavy (non-hydrogen) atoms. The van der Waals surface area contributed by atoms with Crippen LogP contribution in [0.2, 0.25) is 5.02 Å². The van der Waals surface area contributed by atoms with Crippen LogP contribution in [-0.2, 0) is 11.2 Å². The van der Waals surface area contributed by atoms with Gasteiger partial charge in [0, 0.05) is 29.3 Å². The predicted molar refractivity (Wildman–Crippen MR) is 86.2 cm³/mol. The summed E-state index contributed by atoms with van der Waals surface area (Å²) in [6.07, 6.45) is -1.29. The summed E-state index contributed by atoms with van der Waals surface area (Å²) >= 11 is 5.85. The van der Waals surface area contributed by atoms with E-state index in [4.69, 9.17) is 11.6 Å². The summed E-state index contributed by atoms with van der Waals surface area (Å²) in [7, 11) is 0. The summed E-state index contributed by atoms with van der Waals surface area (Å²) in [6, 6.07) is 9.47. The molecule has 0 aliphatic heterocycles. The Labute approximate surface area is 142 Å². The van der Waals surface area contributed by atoms with Crippen LogP contribution in [0.25, 0.3) is 0 Å². The number of nitrogens with zero attached hydrogens (tertiary/aromatic N) is 1. The molecule has 1 atom stereocenters. The Hall–Kier alpha value is -2.51. The Morgan fingerprint density at radius 1 is 1.29 bits per heavy atom. The normalized spacial score (nSPS) is 11.8. The lowest BCUT2D eigenvalue weighted by Crippen LogP contribution is -2.30. The number of aliphatic hydroxyl groups is 1. The summed E-state index contributed by atoms with van der Waals surface area (Å²) < 4.78 is 13.6. The molecule has 0 heterocycles. The summed E-state index contributed by atoms with van der Waals surface area (Å²) in [5.41, 5.74) is 0.412. The fourth-order valence-corrected chi connectivity index (χ4v) is 2.30. The summed E-state index contributed by atoms with van der Waals surface area (Å²) in [6.45, 7) is -0.108. The van der Waals surface area contributed by atoms with E-state index >= 15 is 0 Å². The number of benzene rings is 2. The molecule has 1 unspecified atom stereocenters. The Morgan fingerprint density at radius 2 is 1.96 bits per heavy atom. The number of carbonyl (C=O) groups excluding carboxylic acids is 1. The molecule has 0 aliphatic carbocycles. The molecule has 2 N–H and O–H groups in total. The summed E-state index contributed by atoms with van der Waals surface area (Å²) in [5.74, 6) is -1.07. The van der Waals surface area contributed by atoms with Gasteiger partial charge in [-0.2, -0.15) is 0 Å². The Balaban J connectivity index is 1.92. The second-order valence-corrected chi connectivity index (χ2v) is 5.45. The van der Waals surface area contributed by atoms with E-state index in [-0.39, 0.29) is 29.2 Å². The van der Waals surface area contributed by atoms with E-state index in [9.17, 15) is 24.4 Å². The number of halogens is 2. The van der Waals surface area contributed by atoms with E-state index in [2.05, 4.69) is 5.32 Å². The standard InChI is InChI=1S/C16H14ClFN2O4/c17-13-2-1-3-14(18)12(13)8-16(22)19-9-15(21)10-4-6-11(7-5-10)20(23)24/h1-7,15,21H,8-9H2,(H,19,22). The van der Waals surface area contributed by atoms with E-state index in [1.807, 2.05) is 0 Å². The first-order chi connectivity index (χ1) is 11.4. The number of nitro groups is 1. The van der Waals surface area contributed by atoms with E-state index in [0.29, 0.717) is 5.56 Å². The molecular weight excluding hydrogens is 339 g/mol. The Bertz CT molecular complexity index is 732. The third-order valence-electron chi connectivity index (χ3n) is 3.38. The quantitative estimate of drug-likeness (QED) is 0.617. The molecule has 8 heteroatoms. The van der Waals surface area contributed by atoms with Gasteiger partial charge in [0.15, 0.2) is 0 Å². The third-order valence-corrected chi connectivity index (χ3v) is 3.73. The maximum Gasteiger partial charge on any atom is 0.269 e. The smallest absolute Gasteiger partial charge is 0.269 e. The summed E-state index contributed by atoms with van der Waals surface area (Å²) in [4.78, 5) is 21.9. The van der Waals surface area contributed by atoms with E-state index in [1.54, 1.807) is 0 Å². The molecule has 0 fully saturated rings. The van der Waals surface area contributed by atoms with Crippen LogP contribution in [0.4, 0.5) is 10.1 Å². The van der Waals surface area contributed by atoms with Gasteiger partial charge in [-0.15, -0.1) is 0 Å². The molecular formula is C16H14ClFN2O4. The lowest BCUT2D eigenvalue weighted by Gasteiger charge is -2.12. The third kappa shape index (κ3) is 4.50. The number of non-ortho nitro benzene ring substituents is 1. The average molecular weight is 353 g/mol. The van der Waals surface area contributed by atoms with Crippen LogP contribution in [0, 0.1) is 15.9 Å². The van der Waals surface area contributed by atoms with Crippen LogP contribution < -0.4 is 5.32 Å². The number of nitro benzene ring substituents is 1. The molecule has 0 spiro atoms. The molecule has 1 amide bonds.